The highest BCUT2D eigenvalue weighted by Crippen LogP contribution is 2.29. The standard InChI is InChI=1S/C13H20N4O/c1-4-8-16(10-6-7-10)13(18)12-11(14)9(3)15-17(12)5-2/h4,10H,1,5-8,14H2,2-3H3. The van der Waals surface area contributed by atoms with Gasteiger partial charge in [-0.1, -0.05) is 6.08 Å². The Morgan fingerprint density at radius 1 is 1.67 bits per heavy atom. The average Bonchev–Trinajstić information content (AvgIpc) is 3.14. The van der Waals surface area contributed by atoms with Crippen LogP contribution in [0.1, 0.15) is 35.9 Å². The first-order chi connectivity index (χ1) is 8.60. The number of nitrogens with zero attached hydrogens (tertiary/aromatic N) is 3. The Kier molecular flexibility index (Phi) is 3.41. The second kappa shape index (κ2) is 4.84. The zero-order chi connectivity index (χ0) is 13.3. The van der Waals surface area contributed by atoms with E-state index in [2.05, 4.69) is 11.7 Å². The SMILES string of the molecule is C=CCN(C(=O)c1c(N)c(C)nn1CC)C1CC1. The Morgan fingerprint density at radius 2 is 2.33 bits per heavy atom. The van der Waals surface area contributed by atoms with Gasteiger partial charge in [-0.25, -0.2) is 0 Å². The van der Waals surface area contributed by atoms with Crippen molar-refractivity contribution in [3.63, 3.8) is 0 Å². The molecule has 0 atom stereocenters. The van der Waals surface area contributed by atoms with Gasteiger partial charge in [-0.3, -0.25) is 9.48 Å². The summed E-state index contributed by atoms with van der Waals surface area (Å²) in [5, 5.41) is 4.29. The lowest BCUT2D eigenvalue weighted by Crippen LogP contribution is -2.35. The minimum Gasteiger partial charge on any atom is -0.395 e. The number of rotatable bonds is 5. The van der Waals surface area contributed by atoms with Crippen LogP contribution in [-0.4, -0.2) is 33.2 Å². The minimum atomic E-state index is -0.0302. The van der Waals surface area contributed by atoms with Gasteiger partial charge in [0, 0.05) is 19.1 Å². The van der Waals surface area contributed by atoms with Crippen molar-refractivity contribution in [1.29, 1.82) is 0 Å². The van der Waals surface area contributed by atoms with E-state index >= 15 is 0 Å². The van der Waals surface area contributed by atoms with Gasteiger partial charge >= 0.3 is 0 Å². The summed E-state index contributed by atoms with van der Waals surface area (Å²) in [6.07, 6.45) is 3.89. The number of amides is 1. The molecule has 0 unspecified atom stereocenters. The van der Waals surface area contributed by atoms with Gasteiger partial charge in [0.15, 0.2) is 0 Å². The number of hydrogen-bond acceptors (Lipinski definition) is 3. The topological polar surface area (TPSA) is 64.2 Å². The first-order valence-corrected chi connectivity index (χ1v) is 6.34. The highest BCUT2D eigenvalue weighted by atomic mass is 16.2. The third kappa shape index (κ3) is 2.12. The zero-order valence-electron chi connectivity index (χ0n) is 11.0. The van der Waals surface area contributed by atoms with E-state index in [0.717, 1.165) is 18.5 Å². The maximum absolute atomic E-state index is 12.6. The molecule has 0 aromatic carbocycles. The van der Waals surface area contributed by atoms with E-state index < -0.39 is 0 Å². The lowest BCUT2D eigenvalue weighted by Gasteiger charge is -2.21. The quantitative estimate of drug-likeness (QED) is 0.805. The van der Waals surface area contributed by atoms with Crippen molar-refractivity contribution in [1.82, 2.24) is 14.7 Å². The molecule has 2 rings (SSSR count). The summed E-state index contributed by atoms with van der Waals surface area (Å²) in [5.41, 5.74) is 7.71. The molecule has 0 aliphatic heterocycles. The molecule has 5 heteroatoms. The van der Waals surface area contributed by atoms with Gasteiger partial charge < -0.3 is 10.6 Å². The van der Waals surface area contributed by atoms with Gasteiger partial charge in [0.2, 0.25) is 0 Å². The molecule has 0 bridgehead atoms. The number of aryl methyl sites for hydroxylation is 2. The van der Waals surface area contributed by atoms with Crippen LogP contribution in [0.15, 0.2) is 12.7 Å². The number of nitrogen functional groups attached to an aromatic ring is 1. The molecule has 1 aromatic rings. The normalized spacial score (nSPS) is 14.6. The summed E-state index contributed by atoms with van der Waals surface area (Å²) in [6, 6.07) is 0.343. The highest BCUT2D eigenvalue weighted by Gasteiger charge is 2.34. The van der Waals surface area contributed by atoms with E-state index in [9.17, 15) is 4.79 Å². The monoisotopic (exact) mass is 248 g/mol. The molecule has 2 N–H and O–H groups in total. The van der Waals surface area contributed by atoms with Crippen LogP contribution in [0.5, 0.6) is 0 Å². The Bertz CT molecular complexity index is 474. The number of carbonyl (C=O) groups excluding carboxylic acids is 1. The molecule has 5 nitrogen and oxygen atoms in total. The molecule has 1 heterocycles. The summed E-state index contributed by atoms with van der Waals surface area (Å²) in [5.74, 6) is -0.0302. The molecule has 1 aromatic heterocycles. The van der Waals surface area contributed by atoms with E-state index in [1.54, 1.807) is 10.8 Å². The maximum atomic E-state index is 12.6. The van der Waals surface area contributed by atoms with Crippen LogP contribution < -0.4 is 5.73 Å². The Balaban J connectivity index is 2.34. The first kappa shape index (κ1) is 12.7. The van der Waals surface area contributed by atoms with Crippen molar-refractivity contribution in [3.05, 3.63) is 24.0 Å². The van der Waals surface area contributed by atoms with Crippen molar-refractivity contribution in [2.24, 2.45) is 0 Å². The maximum Gasteiger partial charge on any atom is 0.274 e. The lowest BCUT2D eigenvalue weighted by atomic mass is 10.2. The number of aromatic nitrogens is 2. The molecule has 1 amide bonds. The van der Waals surface area contributed by atoms with Crippen molar-refractivity contribution < 1.29 is 4.79 Å². The second-order valence-corrected chi connectivity index (χ2v) is 4.64. The third-order valence-electron chi connectivity index (χ3n) is 3.25. The van der Waals surface area contributed by atoms with Crippen molar-refractivity contribution in [3.8, 4) is 0 Å². The molecule has 0 radical (unpaired) electrons. The molecule has 1 aliphatic rings. The molecule has 1 saturated carbocycles. The number of carbonyl (C=O) groups is 1. The number of nitrogens with two attached hydrogens (primary N) is 1. The van der Waals surface area contributed by atoms with E-state index in [4.69, 9.17) is 5.73 Å². The average molecular weight is 248 g/mol. The minimum absolute atomic E-state index is 0.0302. The van der Waals surface area contributed by atoms with Gasteiger partial charge in [-0.2, -0.15) is 5.10 Å². The predicted octanol–water partition coefficient (Wildman–Crippen LogP) is 1.58. The Labute approximate surface area is 107 Å². The van der Waals surface area contributed by atoms with Crippen molar-refractivity contribution in [2.45, 2.75) is 39.3 Å². The molecular formula is C13H20N4O. The lowest BCUT2D eigenvalue weighted by molar-refractivity contribution is 0.0751. The fourth-order valence-corrected chi connectivity index (χ4v) is 2.11. The Morgan fingerprint density at radius 3 is 2.83 bits per heavy atom. The number of hydrogen-bond donors (Lipinski definition) is 1. The van der Waals surface area contributed by atoms with E-state index in [1.807, 2.05) is 18.7 Å². The van der Waals surface area contributed by atoms with Gasteiger partial charge in [-0.15, -0.1) is 6.58 Å². The van der Waals surface area contributed by atoms with Crippen molar-refractivity contribution >= 4 is 11.6 Å². The first-order valence-electron chi connectivity index (χ1n) is 6.34. The fourth-order valence-electron chi connectivity index (χ4n) is 2.11. The zero-order valence-corrected chi connectivity index (χ0v) is 11.0. The van der Waals surface area contributed by atoms with Gasteiger partial charge in [-0.05, 0) is 26.7 Å². The summed E-state index contributed by atoms with van der Waals surface area (Å²) in [6.45, 7) is 8.70. The van der Waals surface area contributed by atoms with Gasteiger partial charge in [0.25, 0.3) is 5.91 Å². The van der Waals surface area contributed by atoms with Crippen LogP contribution in [0.25, 0.3) is 0 Å². The van der Waals surface area contributed by atoms with Crippen LogP contribution in [0.3, 0.4) is 0 Å². The molecule has 18 heavy (non-hydrogen) atoms. The fraction of sp³-hybridized carbons (Fsp3) is 0.538. The van der Waals surface area contributed by atoms with Gasteiger partial charge in [0.05, 0.1) is 11.4 Å². The van der Waals surface area contributed by atoms with Crippen LogP contribution >= 0.6 is 0 Å². The van der Waals surface area contributed by atoms with Gasteiger partial charge in [0.1, 0.15) is 5.69 Å². The number of anilines is 1. The molecule has 1 fully saturated rings. The summed E-state index contributed by atoms with van der Waals surface area (Å²) >= 11 is 0. The van der Waals surface area contributed by atoms with Crippen LogP contribution in [0, 0.1) is 6.92 Å². The van der Waals surface area contributed by atoms with E-state index in [-0.39, 0.29) is 5.91 Å². The van der Waals surface area contributed by atoms with Crippen LogP contribution in [0.4, 0.5) is 5.69 Å². The van der Waals surface area contributed by atoms with Crippen LogP contribution in [0.2, 0.25) is 0 Å². The second-order valence-electron chi connectivity index (χ2n) is 4.64. The molecule has 0 saturated heterocycles. The van der Waals surface area contributed by atoms with Crippen molar-refractivity contribution in [2.75, 3.05) is 12.3 Å². The smallest absolute Gasteiger partial charge is 0.274 e. The predicted molar refractivity (Wildman–Crippen MR) is 71.3 cm³/mol. The molecular weight excluding hydrogens is 228 g/mol. The third-order valence-corrected chi connectivity index (χ3v) is 3.25. The van der Waals surface area contributed by atoms with E-state index in [0.29, 0.717) is 30.5 Å². The summed E-state index contributed by atoms with van der Waals surface area (Å²) in [4.78, 5) is 14.4. The largest absolute Gasteiger partial charge is 0.395 e. The summed E-state index contributed by atoms with van der Waals surface area (Å²) in [7, 11) is 0. The molecule has 98 valence electrons. The highest BCUT2D eigenvalue weighted by molar-refractivity contribution is 5.98. The van der Waals surface area contributed by atoms with Crippen LogP contribution in [-0.2, 0) is 6.54 Å². The Hall–Kier alpha value is -1.78. The van der Waals surface area contributed by atoms with E-state index in [1.165, 1.54) is 0 Å². The summed E-state index contributed by atoms with van der Waals surface area (Å²) < 4.78 is 1.69. The molecule has 1 aliphatic carbocycles. The molecule has 0 spiro atoms.